The molecule has 0 amide bonds. The van der Waals surface area contributed by atoms with Crippen molar-refractivity contribution in [1.29, 1.82) is 0 Å². The molecule has 2 heterocycles. The summed E-state index contributed by atoms with van der Waals surface area (Å²) in [5, 5.41) is 15.4. The normalized spacial score (nSPS) is 18.4. The van der Waals surface area contributed by atoms with Gasteiger partial charge in [0.25, 0.3) is 0 Å². The maximum atomic E-state index is 10.4. The second-order valence-corrected chi connectivity index (χ2v) is 8.99. The quantitative estimate of drug-likeness (QED) is 0.322. The Labute approximate surface area is 198 Å². The summed E-state index contributed by atoms with van der Waals surface area (Å²) in [4.78, 5) is 13.0. The molecular formula is C26H27ClN4O2. The molecule has 170 valence electrons. The van der Waals surface area contributed by atoms with Gasteiger partial charge in [0, 0.05) is 23.0 Å². The third-order valence-corrected chi connectivity index (χ3v) is 6.40. The van der Waals surface area contributed by atoms with E-state index in [4.69, 9.17) is 26.3 Å². The number of H-pyrrole nitrogens is 1. The molecule has 0 aliphatic heterocycles. The van der Waals surface area contributed by atoms with Crippen molar-refractivity contribution in [3.8, 4) is 17.1 Å². The zero-order chi connectivity index (χ0) is 22.6. The van der Waals surface area contributed by atoms with E-state index in [1.54, 1.807) is 6.07 Å². The molecule has 1 aliphatic rings. The summed E-state index contributed by atoms with van der Waals surface area (Å²) in [6, 6.07) is 19.3. The van der Waals surface area contributed by atoms with Crippen LogP contribution in [0, 0.1) is 5.92 Å². The highest BCUT2D eigenvalue weighted by molar-refractivity contribution is 6.30. The maximum Gasteiger partial charge on any atom is 0.163 e. The zero-order valence-corrected chi connectivity index (χ0v) is 19.1. The van der Waals surface area contributed by atoms with Crippen molar-refractivity contribution in [1.82, 2.24) is 15.0 Å². The van der Waals surface area contributed by atoms with E-state index < -0.39 is 0 Å². The molecule has 5 rings (SSSR count). The fraction of sp³-hybridized carbons (Fsp3) is 0.308. The number of aliphatic hydroxyl groups is 1. The minimum atomic E-state index is -0.259. The number of aromatic amines is 1. The summed E-state index contributed by atoms with van der Waals surface area (Å²) in [5.41, 5.74) is 2.59. The summed E-state index contributed by atoms with van der Waals surface area (Å²) in [6.45, 7) is 1.04. The van der Waals surface area contributed by atoms with Gasteiger partial charge in [0.2, 0.25) is 0 Å². The van der Waals surface area contributed by atoms with Crippen molar-refractivity contribution in [3.63, 3.8) is 0 Å². The number of nitrogens with one attached hydrogen (secondary N) is 2. The van der Waals surface area contributed by atoms with Gasteiger partial charge >= 0.3 is 0 Å². The fourth-order valence-electron chi connectivity index (χ4n) is 4.36. The molecule has 0 bridgehead atoms. The molecule has 6 nitrogen and oxygen atoms in total. The van der Waals surface area contributed by atoms with Gasteiger partial charge in [-0.05, 0) is 37.1 Å². The average Bonchev–Trinajstić information content (AvgIpc) is 3.26. The van der Waals surface area contributed by atoms with Crippen molar-refractivity contribution in [3.05, 3.63) is 71.4 Å². The van der Waals surface area contributed by atoms with Crippen molar-refractivity contribution < 1.29 is 9.84 Å². The lowest BCUT2D eigenvalue weighted by Gasteiger charge is -2.27. The molecule has 1 saturated carbocycles. The van der Waals surface area contributed by atoms with Gasteiger partial charge in [-0.1, -0.05) is 60.8 Å². The second-order valence-electron chi connectivity index (χ2n) is 8.56. The summed E-state index contributed by atoms with van der Waals surface area (Å²) in [5.74, 6) is 2.36. The van der Waals surface area contributed by atoms with Crippen LogP contribution in [0.15, 0.2) is 60.7 Å². The lowest BCUT2D eigenvalue weighted by molar-refractivity contribution is 0.0763. The van der Waals surface area contributed by atoms with Crippen LogP contribution >= 0.6 is 11.6 Å². The molecule has 33 heavy (non-hydrogen) atoms. The number of aliphatic hydroxyl groups excluding tert-OH is 1. The van der Waals surface area contributed by atoms with Crippen LogP contribution in [0.5, 0.6) is 5.75 Å². The van der Waals surface area contributed by atoms with E-state index in [1.165, 1.54) is 0 Å². The molecule has 4 aromatic rings. The number of hydrogen-bond acceptors (Lipinski definition) is 5. The number of ether oxygens (including phenoxy) is 1. The predicted octanol–water partition coefficient (Wildman–Crippen LogP) is 5.82. The van der Waals surface area contributed by atoms with Gasteiger partial charge in [0.05, 0.1) is 17.2 Å². The number of halogens is 1. The third-order valence-electron chi connectivity index (χ3n) is 6.17. The van der Waals surface area contributed by atoms with Crippen LogP contribution in [0.1, 0.15) is 31.4 Å². The van der Waals surface area contributed by atoms with E-state index in [0.29, 0.717) is 29.7 Å². The fourth-order valence-corrected chi connectivity index (χ4v) is 4.54. The van der Waals surface area contributed by atoms with Gasteiger partial charge in [-0.25, -0.2) is 9.97 Å². The van der Waals surface area contributed by atoms with Gasteiger partial charge in [-0.2, -0.15) is 0 Å². The van der Waals surface area contributed by atoms with Crippen LogP contribution in [-0.2, 0) is 6.61 Å². The number of anilines is 1. The van der Waals surface area contributed by atoms with E-state index in [-0.39, 0.29) is 12.0 Å². The number of rotatable bonds is 7. The molecule has 0 saturated heterocycles. The Morgan fingerprint density at radius 1 is 1.03 bits per heavy atom. The second kappa shape index (κ2) is 9.81. The molecule has 2 aromatic heterocycles. The lowest BCUT2D eigenvalue weighted by atomic mass is 9.86. The molecule has 2 atom stereocenters. The summed E-state index contributed by atoms with van der Waals surface area (Å²) in [6.07, 6.45) is 3.90. The summed E-state index contributed by atoms with van der Waals surface area (Å²) in [7, 11) is 0. The number of hydrogen-bond donors (Lipinski definition) is 3. The van der Waals surface area contributed by atoms with Crippen LogP contribution in [0.3, 0.4) is 0 Å². The SMILES string of the molecule is O[C@H]1CCCC[C@@H]1CNc1nc(-c2ccccc2)nc2[nH]c(COc3cccc(Cl)c3)cc12. The number of nitrogens with zero attached hydrogens (tertiary/aromatic N) is 2. The van der Waals surface area contributed by atoms with Gasteiger partial charge in [-0.15, -0.1) is 0 Å². The molecule has 1 fully saturated rings. The largest absolute Gasteiger partial charge is 0.487 e. The molecule has 0 unspecified atom stereocenters. The third kappa shape index (κ3) is 5.13. The lowest BCUT2D eigenvalue weighted by Crippen LogP contribution is -2.30. The minimum absolute atomic E-state index is 0.230. The number of benzene rings is 2. The molecule has 1 aliphatic carbocycles. The van der Waals surface area contributed by atoms with Crippen LogP contribution in [0.4, 0.5) is 5.82 Å². The first-order valence-corrected chi connectivity index (χ1v) is 11.8. The van der Waals surface area contributed by atoms with E-state index in [1.807, 2.05) is 54.6 Å². The van der Waals surface area contributed by atoms with Gasteiger partial charge in [-0.3, -0.25) is 0 Å². The monoisotopic (exact) mass is 462 g/mol. The van der Waals surface area contributed by atoms with E-state index in [9.17, 15) is 5.11 Å². The highest BCUT2D eigenvalue weighted by Crippen LogP contribution is 2.29. The standard InChI is InChI=1S/C26H27ClN4O2/c27-19-10-6-11-21(13-19)33-16-20-14-22-25(28-15-18-9-4-5-12-23(18)32)30-24(31-26(22)29-20)17-7-2-1-3-8-17/h1-3,6-8,10-11,13-14,18,23,32H,4-5,9,12,15-16H2,(H2,28,29,30,31)/t18-,23+/m1/s1. The van der Waals surface area contributed by atoms with E-state index >= 15 is 0 Å². The van der Waals surface area contributed by atoms with Gasteiger partial charge in [0.1, 0.15) is 23.8 Å². The highest BCUT2D eigenvalue weighted by Gasteiger charge is 2.23. The molecule has 2 aromatic carbocycles. The summed E-state index contributed by atoms with van der Waals surface area (Å²) < 4.78 is 5.91. The van der Waals surface area contributed by atoms with Gasteiger partial charge < -0.3 is 20.1 Å². The maximum absolute atomic E-state index is 10.4. The van der Waals surface area contributed by atoms with Crippen LogP contribution in [0.25, 0.3) is 22.4 Å². The smallest absolute Gasteiger partial charge is 0.163 e. The van der Waals surface area contributed by atoms with Crippen molar-refractivity contribution in [2.24, 2.45) is 5.92 Å². The predicted molar refractivity (Wildman–Crippen MR) is 132 cm³/mol. The Balaban J connectivity index is 1.43. The number of aromatic nitrogens is 3. The van der Waals surface area contributed by atoms with Crippen molar-refractivity contribution in [2.45, 2.75) is 38.4 Å². The molecule has 0 radical (unpaired) electrons. The van der Waals surface area contributed by atoms with E-state index in [0.717, 1.165) is 53.8 Å². The van der Waals surface area contributed by atoms with Gasteiger partial charge in [0.15, 0.2) is 5.82 Å². The molecule has 3 N–H and O–H groups in total. The highest BCUT2D eigenvalue weighted by atomic mass is 35.5. The average molecular weight is 463 g/mol. The Bertz CT molecular complexity index is 1230. The summed E-state index contributed by atoms with van der Waals surface area (Å²) >= 11 is 6.06. The Morgan fingerprint density at radius 3 is 2.70 bits per heavy atom. The first-order chi connectivity index (χ1) is 16.2. The minimum Gasteiger partial charge on any atom is -0.487 e. The van der Waals surface area contributed by atoms with Crippen LogP contribution in [-0.4, -0.2) is 32.7 Å². The van der Waals surface area contributed by atoms with Crippen molar-refractivity contribution in [2.75, 3.05) is 11.9 Å². The Morgan fingerprint density at radius 2 is 1.88 bits per heavy atom. The molecular weight excluding hydrogens is 436 g/mol. The Hall–Kier alpha value is -3.09. The van der Waals surface area contributed by atoms with Crippen LogP contribution in [0.2, 0.25) is 5.02 Å². The van der Waals surface area contributed by atoms with Crippen molar-refractivity contribution >= 4 is 28.5 Å². The zero-order valence-electron chi connectivity index (χ0n) is 18.3. The first kappa shape index (κ1) is 21.7. The number of fused-ring (bicyclic) bond motifs is 1. The molecule has 7 heteroatoms. The Kier molecular flexibility index (Phi) is 6.46. The topological polar surface area (TPSA) is 83.1 Å². The van der Waals surface area contributed by atoms with E-state index in [2.05, 4.69) is 10.3 Å². The van der Waals surface area contributed by atoms with Crippen LogP contribution < -0.4 is 10.1 Å². The first-order valence-electron chi connectivity index (χ1n) is 11.4. The molecule has 0 spiro atoms.